The van der Waals surface area contributed by atoms with Gasteiger partial charge in [0.05, 0.1) is 25.4 Å². The maximum Gasteiger partial charge on any atom is 0.220 e. The highest BCUT2D eigenvalue weighted by atomic mass is 16.7. The molecule has 1 amide bonds. The summed E-state index contributed by atoms with van der Waals surface area (Å²) in [7, 11) is 0. The van der Waals surface area contributed by atoms with Crippen molar-refractivity contribution in [1.29, 1.82) is 0 Å². The van der Waals surface area contributed by atoms with Crippen LogP contribution >= 0.6 is 0 Å². The molecule has 0 aromatic heterocycles. The lowest BCUT2D eigenvalue weighted by atomic mass is 9.99. The molecule has 9 nitrogen and oxygen atoms in total. The zero-order valence-corrected chi connectivity index (χ0v) is 38.8. The Morgan fingerprint density at radius 3 is 1.55 bits per heavy atom. The minimum atomic E-state index is -1.58. The molecule has 7 atom stereocenters. The van der Waals surface area contributed by atoms with E-state index in [9.17, 15) is 30.3 Å². The van der Waals surface area contributed by atoms with E-state index < -0.39 is 49.5 Å². The first kappa shape index (κ1) is 57.1. The van der Waals surface area contributed by atoms with E-state index in [4.69, 9.17) is 9.47 Å². The van der Waals surface area contributed by atoms with Gasteiger partial charge in [-0.3, -0.25) is 4.79 Å². The number of rotatable bonds is 39. The van der Waals surface area contributed by atoms with Crippen molar-refractivity contribution in [3.63, 3.8) is 0 Å². The van der Waals surface area contributed by atoms with Crippen LogP contribution in [0, 0.1) is 0 Å². The van der Waals surface area contributed by atoms with Crippen molar-refractivity contribution >= 4 is 5.91 Å². The van der Waals surface area contributed by atoms with Crippen molar-refractivity contribution in [2.75, 3.05) is 13.2 Å². The Kier molecular flexibility index (Phi) is 38.8. The summed E-state index contributed by atoms with van der Waals surface area (Å²) in [6, 6.07) is -0.845. The lowest BCUT2D eigenvalue weighted by molar-refractivity contribution is -0.302. The van der Waals surface area contributed by atoms with Crippen LogP contribution in [0.4, 0.5) is 0 Å². The standard InChI is InChI=1S/C53H89NO8/c1-3-5-7-9-11-13-15-17-19-21-23-24-25-27-29-31-33-35-37-39-41-43-49(57)54-46(45-61-53-52(60)51(59)50(58)48(44-55)62-53)47(56)42-40-38-36-34-32-30-28-26-22-20-18-16-14-12-10-8-6-4-2/h5,7,11,13,17,19,22-24,26-27,29,32,34,40,42,46-48,50-53,55-56,58-60H,3-4,6,8-10,12,14-16,18,20-21,25,28,30-31,33,35-39,41,43-45H2,1-2H3,(H,54,57)/b7-5-,13-11-,19-17-,24-23-,26-22+,29-27-,34-32+,42-40+. The van der Waals surface area contributed by atoms with Gasteiger partial charge >= 0.3 is 0 Å². The zero-order valence-electron chi connectivity index (χ0n) is 38.8. The van der Waals surface area contributed by atoms with Crippen LogP contribution in [0.15, 0.2) is 97.2 Å². The van der Waals surface area contributed by atoms with Crippen molar-refractivity contribution < 1.29 is 39.8 Å². The number of hydrogen-bond donors (Lipinski definition) is 6. The molecule has 0 spiro atoms. The third-order valence-electron chi connectivity index (χ3n) is 10.9. The highest BCUT2D eigenvalue weighted by Gasteiger charge is 2.44. The average molecular weight is 868 g/mol. The predicted molar refractivity (Wildman–Crippen MR) is 258 cm³/mol. The fraction of sp³-hybridized carbons (Fsp3) is 0.679. The Bertz CT molecular complexity index is 1280. The number of nitrogens with one attached hydrogen (secondary N) is 1. The normalized spacial score (nSPS) is 21.2. The molecule has 354 valence electrons. The molecule has 0 aromatic carbocycles. The van der Waals surface area contributed by atoms with Gasteiger partial charge in [0.25, 0.3) is 0 Å². The van der Waals surface area contributed by atoms with Gasteiger partial charge in [0.1, 0.15) is 24.4 Å². The number of amides is 1. The second-order valence-corrected chi connectivity index (χ2v) is 16.5. The molecule has 1 aliphatic rings. The maximum atomic E-state index is 13.0. The average Bonchev–Trinajstić information content (AvgIpc) is 3.27. The molecule has 0 bridgehead atoms. The molecule has 1 heterocycles. The van der Waals surface area contributed by atoms with Crippen LogP contribution in [0.2, 0.25) is 0 Å². The largest absolute Gasteiger partial charge is 0.394 e. The highest BCUT2D eigenvalue weighted by Crippen LogP contribution is 2.22. The molecule has 0 aliphatic carbocycles. The summed E-state index contributed by atoms with van der Waals surface area (Å²) in [6.45, 7) is 3.61. The van der Waals surface area contributed by atoms with Gasteiger partial charge in [-0.2, -0.15) is 0 Å². The molecule has 0 radical (unpaired) electrons. The SMILES string of the molecule is CC/C=C\C/C=C\C/C=C\C/C=C\C/C=C\CCCCCCCC(=O)NC(COC1OC(CO)C(O)C(O)C1O)C(O)/C=C/CC/C=C/CC/C=C/CCCCCCCCCC. The van der Waals surface area contributed by atoms with Gasteiger partial charge in [0.15, 0.2) is 6.29 Å². The Morgan fingerprint density at radius 2 is 1.02 bits per heavy atom. The lowest BCUT2D eigenvalue weighted by Gasteiger charge is -2.40. The van der Waals surface area contributed by atoms with Gasteiger partial charge in [-0.25, -0.2) is 0 Å². The van der Waals surface area contributed by atoms with E-state index in [1.54, 1.807) is 6.08 Å². The van der Waals surface area contributed by atoms with E-state index in [-0.39, 0.29) is 12.5 Å². The van der Waals surface area contributed by atoms with Crippen LogP contribution in [0.25, 0.3) is 0 Å². The summed E-state index contributed by atoms with van der Waals surface area (Å²) in [6.07, 6.45) is 53.0. The van der Waals surface area contributed by atoms with Crippen molar-refractivity contribution in [3.05, 3.63) is 97.2 Å². The molecular weight excluding hydrogens is 779 g/mol. The molecule has 7 unspecified atom stereocenters. The number of hydrogen-bond acceptors (Lipinski definition) is 8. The molecule has 0 saturated carbocycles. The van der Waals surface area contributed by atoms with E-state index in [1.807, 2.05) is 6.08 Å². The summed E-state index contributed by atoms with van der Waals surface area (Å²) in [5.41, 5.74) is 0. The minimum absolute atomic E-state index is 0.214. The summed E-state index contributed by atoms with van der Waals surface area (Å²) < 4.78 is 11.2. The maximum absolute atomic E-state index is 13.0. The Balaban J connectivity index is 2.39. The Morgan fingerprint density at radius 1 is 0.565 bits per heavy atom. The predicted octanol–water partition coefficient (Wildman–Crippen LogP) is 10.9. The quantitative estimate of drug-likeness (QED) is 0.0264. The van der Waals surface area contributed by atoms with Crippen LogP contribution < -0.4 is 5.32 Å². The van der Waals surface area contributed by atoms with Gasteiger partial charge in [0.2, 0.25) is 5.91 Å². The third kappa shape index (κ3) is 31.9. The second kappa shape index (κ2) is 42.1. The second-order valence-electron chi connectivity index (χ2n) is 16.5. The number of carbonyl (C=O) groups excluding carboxylic acids is 1. The summed E-state index contributed by atoms with van der Waals surface area (Å²) >= 11 is 0. The molecule has 1 rings (SSSR count). The number of carbonyl (C=O) groups is 1. The molecule has 62 heavy (non-hydrogen) atoms. The summed E-state index contributed by atoms with van der Waals surface area (Å²) in [4.78, 5) is 13.0. The van der Waals surface area contributed by atoms with E-state index >= 15 is 0 Å². The van der Waals surface area contributed by atoms with E-state index in [1.165, 1.54) is 51.4 Å². The van der Waals surface area contributed by atoms with Crippen LogP contribution in [-0.2, 0) is 14.3 Å². The van der Waals surface area contributed by atoms with E-state index in [2.05, 4.69) is 104 Å². The molecule has 1 aliphatic heterocycles. The van der Waals surface area contributed by atoms with Crippen molar-refractivity contribution in [2.45, 2.75) is 217 Å². The molecule has 0 aromatic rings. The molecule has 9 heteroatoms. The smallest absolute Gasteiger partial charge is 0.220 e. The van der Waals surface area contributed by atoms with Gasteiger partial charge in [-0.1, -0.05) is 175 Å². The van der Waals surface area contributed by atoms with Crippen LogP contribution in [0.3, 0.4) is 0 Å². The van der Waals surface area contributed by atoms with Crippen molar-refractivity contribution in [2.24, 2.45) is 0 Å². The third-order valence-corrected chi connectivity index (χ3v) is 10.9. The Hall–Kier alpha value is -2.89. The number of unbranched alkanes of at least 4 members (excludes halogenated alkanes) is 15. The van der Waals surface area contributed by atoms with Crippen LogP contribution in [0.1, 0.15) is 174 Å². The first-order valence-corrected chi connectivity index (χ1v) is 24.5. The minimum Gasteiger partial charge on any atom is -0.394 e. The summed E-state index contributed by atoms with van der Waals surface area (Å²) in [5.74, 6) is -0.214. The Labute approximate surface area is 377 Å². The number of ether oxygens (including phenoxy) is 2. The van der Waals surface area contributed by atoms with E-state index in [0.717, 1.165) is 103 Å². The zero-order chi connectivity index (χ0) is 45.1. The van der Waals surface area contributed by atoms with Crippen molar-refractivity contribution in [3.8, 4) is 0 Å². The monoisotopic (exact) mass is 868 g/mol. The van der Waals surface area contributed by atoms with Gasteiger partial charge in [-0.05, 0) is 89.9 Å². The van der Waals surface area contributed by atoms with Gasteiger partial charge in [0, 0.05) is 6.42 Å². The number of allylic oxidation sites excluding steroid dienone is 15. The first-order valence-electron chi connectivity index (χ1n) is 24.5. The van der Waals surface area contributed by atoms with E-state index in [0.29, 0.717) is 6.42 Å². The highest BCUT2D eigenvalue weighted by molar-refractivity contribution is 5.76. The summed E-state index contributed by atoms with van der Waals surface area (Å²) in [5, 5.41) is 54.3. The fourth-order valence-electron chi connectivity index (χ4n) is 6.98. The topological polar surface area (TPSA) is 149 Å². The number of aliphatic hydroxyl groups excluding tert-OH is 5. The van der Waals surface area contributed by atoms with Crippen molar-refractivity contribution in [1.82, 2.24) is 5.32 Å². The first-order chi connectivity index (χ1) is 30.3. The lowest BCUT2D eigenvalue weighted by Crippen LogP contribution is -2.60. The fourth-order valence-corrected chi connectivity index (χ4v) is 6.98. The molecule has 6 N–H and O–H groups in total. The van der Waals surface area contributed by atoms with Gasteiger partial charge < -0.3 is 40.3 Å². The molecule has 1 fully saturated rings. The van der Waals surface area contributed by atoms with Crippen LogP contribution in [0.5, 0.6) is 0 Å². The molecule has 1 saturated heterocycles. The number of aliphatic hydroxyl groups is 5. The van der Waals surface area contributed by atoms with Crippen LogP contribution in [-0.4, -0.2) is 87.5 Å². The van der Waals surface area contributed by atoms with Gasteiger partial charge in [-0.15, -0.1) is 0 Å². The molecular formula is C53H89NO8.